The third kappa shape index (κ3) is 2.81. The maximum Gasteiger partial charge on any atom is 0.337 e. The van der Waals surface area contributed by atoms with Crippen molar-refractivity contribution in [3.63, 3.8) is 0 Å². The molecule has 1 aromatic rings. The van der Waals surface area contributed by atoms with Gasteiger partial charge in [-0.1, -0.05) is 0 Å². The van der Waals surface area contributed by atoms with Crippen LogP contribution in [0.3, 0.4) is 0 Å². The maximum atomic E-state index is 12.6. The molecule has 0 unspecified atom stereocenters. The lowest BCUT2D eigenvalue weighted by molar-refractivity contribution is -0.122. The molecule has 4 amide bonds. The first-order valence-electron chi connectivity index (χ1n) is 8.67. The van der Waals surface area contributed by atoms with Gasteiger partial charge in [0.05, 0.1) is 16.9 Å². The van der Waals surface area contributed by atoms with Gasteiger partial charge < -0.3 is 9.84 Å². The normalized spacial score (nSPS) is 16.9. The number of hydrogen-bond acceptors (Lipinski definition) is 7. The Bertz CT molecular complexity index is 1090. The van der Waals surface area contributed by atoms with E-state index in [-0.39, 0.29) is 40.1 Å². The first kappa shape index (κ1) is 20.6. The van der Waals surface area contributed by atoms with Crippen LogP contribution in [0, 0.1) is 0 Å². The monoisotopic (exact) mass is 412 g/mol. The Balaban J connectivity index is 2.28. The number of imide groups is 2. The van der Waals surface area contributed by atoms with Crippen molar-refractivity contribution in [1.82, 2.24) is 0 Å². The minimum absolute atomic E-state index is 0.00428. The highest BCUT2D eigenvalue weighted by molar-refractivity contribution is 6.35. The van der Waals surface area contributed by atoms with E-state index in [2.05, 4.69) is 0 Å². The van der Waals surface area contributed by atoms with Crippen LogP contribution in [-0.4, -0.2) is 41.2 Å². The number of amides is 4. The summed E-state index contributed by atoms with van der Waals surface area (Å²) < 4.78 is 4.81. The molecule has 0 aromatic heterocycles. The number of carbonyl (C=O) groups excluding carboxylic acids is 5. The molecule has 0 saturated carbocycles. The standard InChI is InChI=1S/C20H16N2O8/c1-8-9(2)17(25)21(16(8)24)13-6-14(15(30-7-23)5-12(13)20(28)29)22-18(26)10(3)11(4)19(22)27/h5-7H,1-4H3,(H,28,29). The Morgan fingerprint density at radius 1 is 0.800 bits per heavy atom. The number of carboxylic acids is 1. The van der Waals surface area contributed by atoms with Gasteiger partial charge in [0.25, 0.3) is 30.1 Å². The highest BCUT2D eigenvalue weighted by Crippen LogP contribution is 2.41. The zero-order chi connectivity index (χ0) is 22.5. The van der Waals surface area contributed by atoms with Gasteiger partial charge in [-0.15, -0.1) is 0 Å². The molecule has 1 aromatic carbocycles. The number of rotatable bonds is 5. The number of carboxylic acid groups (broad SMARTS) is 1. The molecule has 0 radical (unpaired) electrons. The Hall–Kier alpha value is -4.08. The molecule has 3 rings (SSSR count). The van der Waals surface area contributed by atoms with E-state index in [4.69, 9.17) is 4.74 Å². The summed E-state index contributed by atoms with van der Waals surface area (Å²) in [6.45, 7) is 5.72. The van der Waals surface area contributed by atoms with Gasteiger partial charge in [-0.2, -0.15) is 0 Å². The highest BCUT2D eigenvalue weighted by atomic mass is 16.5. The third-order valence-corrected chi connectivity index (χ3v) is 5.19. The van der Waals surface area contributed by atoms with Gasteiger partial charge in [-0.3, -0.25) is 24.0 Å². The second-order valence-corrected chi connectivity index (χ2v) is 6.75. The summed E-state index contributed by atoms with van der Waals surface area (Å²) in [7, 11) is 0. The van der Waals surface area contributed by atoms with E-state index >= 15 is 0 Å². The van der Waals surface area contributed by atoms with Crippen molar-refractivity contribution >= 4 is 47.4 Å². The minimum Gasteiger partial charge on any atom is -0.478 e. The Morgan fingerprint density at radius 3 is 1.57 bits per heavy atom. The number of aromatic carboxylic acids is 1. The smallest absolute Gasteiger partial charge is 0.337 e. The average Bonchev–Trinajstić information content (AvgIpc) is 3.01. The van der Waals surface area contributed by atoms with Gasteiger partial charge >= 0.3 is 5.97 Å². The van der Waals surface area contributed by atoms with E-state index in [1.807, 2.05) is 0 Å². The predicted molar refractivity (Wildman–Crippen MR) is 102 cm³/mol. The van der Waals surface area contributed by atoms with Crippen LogP contribution >= 0.6 is 0 Å². The summed E-state index contributed by atoms with van der Waals surface area (Å²) in [5.74, 6) is -4.78. The van der Waals surface area contributed by atoms with Gasteiger partial charge in [0.2, 0.25) is 0 Å². The highest BCUT2D eigenvalue weighted by Gasteiger charge is 2.40. The van der Waals surface area contributed by atoms with Crippen molar-refractivity contribution in [3.8, 4) is 5.75 Å². The van der Waals surface area contributed by atoms with Crippen LogP contribution in [-0.2, 0) is 24.0 Å². The number of anilines is 2. The molecular formula is C20H16N2O8. The van der Waals surface area contributed by atoms with Gasteiger partial charge in [0, 0.05) is 22.3 Å². The van der Waals surface area contributed by atoms with Crippen molar-refractivity contribution in [2.24, 2.45) is 0 Å². The van der Waals surface area contributed by atoms with Crippen LogP contribution in [0.4, 0.5) is 11.4 Å². The van der Waals surface area contributed by atoms with E-state index in [0.717, 1.165) is 12.1 Å². The van der Waals surface area contributed by atoms with Crippen molar-refractivity contribution in [2.45, 2.75) is 27.7 Å². The summed E-state index contributed by atoms with van der Waals surface area (Å²) in [5, 5.41) is 9.60. The van der Waals surface area contributed by atoms with Gasteiger partial charge in [-0.25, -0.2) is 14.6 Å². The molecule has 0 aliphatic carbocycles. The Morgan fingerprint density at radius 2 is 1.20 bits per heavy atom. The van der Waals surface area contributed by atoms with Crippen molar-refractivity contribution < 1.29 is 38.6 Å². The molecule has 2 aliphatic rings. The number of carbonyl (C=O) groups is 6. The van der Waals surface area contributed by atoms with Gasteiger partial charge in [-0.05, 0) is 39.8 Å². The first-order valence-corrected chi connectivity index (χ1v) is 8.67. The summed E-state index contributed by atoms with van der Waals surface area (Å²) in [4.78, 5) is 74.5. The Labute approximate surface area is 170 Å². The second kappa shape index (κ2) is 7.07. The molecule has 2 heterocycles. The second-order valence-electron chi connectivity index (χ2n) is 6.75. The minimum atomic E-state index is -1.51. The SMILES string of the molecule is CC1=C(C)C(=O)N(c2cc(N3C(=O)C(C)=C(C)C3=O)c(C(=O)O)cc2OC=O)C1=O. The predicted octanol–water partition coefficient (Wildman–Crippen LogP) is 1.34. The molecule has 2 aliphatic heterocycles. The molecule has 0 spiro atoms. The van der Waals surface area contributed by atoms with Crippen LogP contribution in [0.1, 0.15) is 38.1 Å². The fourth-order valence-corrected chi connectivity index (χ4v) is 3.17. The molecule has 30 heavy (non-hydrogen) atoms. The zero-order valence-corrected chi connectivity index (χ0v) is 16.4. The van der Waals surface area contributed by atoms with Crippen LogP contribution in [0.2, 0.25) is 0 Å². The third-order valence-electron chi connectivity index (χ3n) is 5.19. The lowest BCUT2D eigenvalue weighted by Crippen LogP contribution is -2.35. The van der Waals surface area contributed by atoms with E-state index in [0.29, 0.717) is 9.80 Å². The largest absolute Gasteiger partial charge is 0.478 e. The molecule has 1 N–H and O–H groups in total. The van der Waals surface area contributed by atoms with Crippen LogP contribution < -0.4 is 14.5 Å². The van der Waals surface area contributed by atoms with Crippen LogP contribution in [0.5, 0.6) is 5.75 Å². The Kier molecular flexibility index (Phi) is 4.86. The molecular weight excluding hydrogens is 396 g/mol. The summed E-state index contributed by atoms with van der Waals surface area (Å²) in [6, 6.07) is 1.89. The molecule has 10 nitrogen and oxygen atoms in total. The van der Waals surface area contributed by atoms with Crippen LogP contribution in [0.15, 0.2) is 34.4 Å². The lowest BCUT2D eigenvalue weighted by atomic mass is 10.1. The quantitative estimate of drug-likeness (QED) is 0.565. The molecule has 10 heteroatoms. The topological polar surface area (TPSA) is 138 Å². The van der Waals surface area contributed by atoms with E-state index < -0.39 is 40.9 Å². The van der Waals surface area contributed by atoms with Crippen molar-refractivity contribution in [1.29, 1.82) is 0 Å². The first-order chi connectivity index (χ1) is 14.0. The van der Waals surface area contributed by atoms with E-state index in [1.54, 1.807) is 0 Å². The molecule has 0 bridgehead atoms. The average molecular weight is 412 g/mol. The van der Waals surface area contributed by atoms with Gasteiger partial charge in [0.15, 0.2) is 5.75 Å². The van der Waals surface area contributed by atoms with Crippen molar-refractivity contribution in [3.05, 3.63) is 40.0 Å². The number of benzene rings is 1. The summed E-state index contributed by atoms with van der Waals surface area (Å²) >= 11 is 0. The van der Waals surface area contributed by atoms with Crippen molar-refractivity contribution in [2.75, 3.05) is 9.80 Å². The van der Waals surface area contributed by atoms with Crippen LogP contribution in [0.25, 0.3) is 0 Å². The summed E-state index contributed by atoms with van der Waals surface area (Å²) in [6.07, 6.45) is 0. The number of hydrogen-bond donors (Lipinski definition) is 1. The maximum absolute atomic E-state index is 12.6. The molecule has 154 valence electrons. The fourth-order valence-electron chi connectivity index (χ4n) is 3.17. The number of ether oxygens (including phenoxy) is 1. The van der Waals surface area contributed by atoms with Gasteiger partial charge in [0.1, 0.15) is 0 Å². The van der Waals surface area contributed by atoms with E-state index in [9.17, 15) is 33.9 Å². The molecule has 0 saturated heterocycles. The lowest BCUT2D eigenvalue weighted by Gasteiger charge is -2.23. The fraction of sp³-hybridized carbons (Fsp3) is 0.200. The molecule has 0 atom stereocenters. The number of nitrogens with zero attached hydrogens (tertiary/aromatic N) is 2. The molecule has 0 fully saturated rings. The summed E-state index contributed by atoms with van der Waals surface area (Å²) in [5.41, 5.74) is -0.577. The van der Waals surface area contributed by atoms with E-state index in [1.165, 1.54) is 27.7 Å². The zero-order valence-electron chi connectivity index (χ0n) is 16.4.